The standard InChI is InChI=1S/C19H28N2O5/c1-6-25-19(24)17-11(2)16(12(3)20-17)18(23)13(4)21(14(5)22)10-15-8-7-9-26-15/h13,15,20H,6-10H2,1-5H3. The van der Waals surface area contributed by atoms with Gasteiger partial charge in [-0.25, -0.2) is 4.79 Å². The molecule has 2 heterocycles. The molecule has 26 heavy (non-hydrogen) atoms. The van der Waals surface area contributed by atoms with Crippen molar-refractivity contribution in [3.8, 4) is 0 Å². The zero-order chi connectivity index (χ0) is 19.4. The molecule has 7 nitrogen and oxygen atoms in total. The molecular formula is C19H28N2O5. The Morgan fingerprint density at radius 1 is 1.35 bits per heavy atom. The van der Waals surface area contributed by atoms with Crippen LogP contribution in [0.1, 0.15) is 65.7 Å². The van der Waals surface area contributed by atoms with Gasteiger partial charge in [0.15, 0.2) is 5.78 Å². The number of aryl methyl sites for hydroxylation is 1. The fourth-order valence-corrected chi connectivity index (χ4v) is 3.44. The highest BCUT2D eigenvalue weighted by atomic mass is 16.5. The molecule has 0 aliphatic carbocycles. The van der Waals surface area contributed by atoms with E-state index in [4.69, 9.17) is 9.47 Å². The summed E-state index contributed by atoms with van der Waals surface area (Å²) in [6, 6.07) is -0.639. The molecule has 0 aromatic carbocycles. The van der Waals surface area contributed by atoms with Crippen LogP contribution in [0, 0.1) is 13.8 Å². The summed E-state index contributed by atoms with van der Waals surface area (Å²) in [6.45, 7) is 9.71. The van der Waals surface area contributed by atoms with Gasteiger partial charge < -0.3 is 19.4 Å². The van der Waals surface area contributed by atoms with Crippen molar-refractivity contribution in [2.75, 3.05) is 19.8 Å². The van der Waals surface area contributed by atoms with E-state index in [9.17, 15) is 14.4 Å². The number of hydrogen-bond acceptors (Lipinski definition) is 5. The molecular weight excluding hydrogens is 336 g/mol. The zero-order valence-electron chi connectivity index (χ0n) is 16.2. The largest absolute Gasteiger partial charge is 0.461 e. The average molecular weight is 364 g/mol. The number of aromatic nitrogens is 1. The van der Waals surface area contributed by atoms with Crippen molar-refractivity contribution in [3.63, 3.8) is 0 Å². The first-order chi connectivity index (χ1) is 12.3. The molecule has 1 amide bonds. The molecule has 2 atom stereocenters. The summed E-state index contributed by atoms with van der Waals surface area (Å²) in [4.78, 5) is 41.8. The molecule has 1 saturated heterocycles. The Hall–Kier alpha value is -2.15. The highest BCUT2D eigenvalue weighted by Gasteiger charge is 2.32. The maximum Gasteiger partial charge on any atom is 0.355 e. The topological polar surface area (TPSA) is 88.7 Å². The quantitative estimate of drug-likeness (QED) is 0.593. The van der Waals surface area contributed by atoms with E-state index in [1.807, 2.05) is 0 Å². The molecule has 1 aliphatic rings. The molecule has 1 aromatic rings. The Bertz CT molecular complexity index is 688. The Morgan fingerprint density at radius 3 is 2.58 bits per heavy atom. The molecule has 1 N–H and O–H groups in total. The number of hydrogen-bond donors (Lipinski definition) is 1. The van der Waals surface area contributed by atoms with Gasteiger partial charge in [0, 0.05) is 31.3 Å². The Kier molecular flexibility index (Phi) is 6.58. The highest BCUT2D eigenvalue weighted by Crippen LogP contribution is 2.23. The normalized spacial score (nSPS) is 17.8. The summed E-state index contributed by atoms with van der Waals surface area (Å²) in [5.74, 6) is -0.847. The number of carbonyl (C=O) groups excluding carboxylic acids is 3. The summed E-state index contributed by atoms with van der Waals surface area (Å²) >= 11 is 0. The van der Waals surface area contributed by atoms with E-state index < -0.39 is 12.0 Å². The van der Waals surface area contributed by atoms with Crippen LogP contribution in [0.5, 0.6) is 0 Å². The van der Waals surface area contributed by atoms with Gasteiger partial charge in [0.25, 0.3) is 0 Å². The summed E-state index contributed by atoms with van der Waals surface area (Å²) in [5, 5.41) is 0. The van der Waals surface area contributed by atoms with Gasteiger partial charge in [-0.1, -0.05) is 0 Å². The van der Waals surface area contributed by atoms with E-state index in [0.717, 1.165) is 12.8 Å². The van der Waals surface area contributed by atoms with Gasteiger partial charge in [-0.3, -0.25) is 9.59 Å². The lowest BCUT2D eigenvalue weighted by Gasteiger charge is -2.29. The van der Waals surface area contributed by atoms with E-state index in [0.29, 0.717) is 30.0 Å². The zero-order valence-corrected chi connectivity index (χ0v) is 16.2. The van der Waals surface area contributed by atoms with Gasteiger partial charge in [-0.05, 0) is 46.1 Å². The number of ether oxygens (including phenoxy) is 2. The fraction of sp³-hybridized carbons (Fsp3) is 0.632. The first-order valence-corrected chi connectivity index (χ1v) is 9.07. The molecule has 144 valence electrons. The van der Waals surface area contributed by atoms with Crippen LogP contribution < -0.4 is 0 Å². The van der Waals surface area contributed by atoms with Crippen LogP contribution in [-0.2, 0) is 14.3 Å². The third kappa shape index (κ3) is 4.15. The summed E-state index contributed by atoms with van der Waals surface area (Å²) in [5.41, 5.74) is 1.88. The fourth-order valence-electron chi connectivity index (χ4n) is 3.44. The molecule has 1 fully saturated rings. The molecule has 0 bridgehead atoms. The second kappa shape index (κ2) is 8.49. The second-order valence-electron chi connectivity index (χ2n) is 6.69. The number of esters is 1. The lowest BCUT2D eigenvalue weighted by Crippen LogP contribution is -2.46. The van der Waals surface area contributed by atoms with Crippen molar-refractivity contribution in [1.29, 1.82) is 0 Å². The van der Waals surface area contributed by atoms with E-state index >= 15 is 0 Å². The smallest absolute Gasteiger partial charge is 0.355 e. The van der Waals surface area contributed by atoms with Crippen LogP contribution in [0.15, 0.2) is 0 Å². The number of Topliss-reactive ketones (excluding diaryl/α,β-unsaturated/α-hetero) is 1. The minimum absolute atomic E-state index is 0.0299. The first kappa shape index (κ1) is 20.2. The van der Waals surface area contributed by atoms with Crippen LogP contribution >= 0.6 is 0 Å². The van der Waals surface area contributed by atoms with Crippen LogP contribution in [0.4, 0.5) is 0 Å². The van der Waals surface area contributed by atoms with E-state index in [1.54, 1.807) is 32.6 Å². The van der Waals surface area contributed by atoms with Gasteiger partial charge in [-0.2, -0.15) is 0 Å². The van der Waals surface area contributed by atoms with E-state index in [-0.39, 0.29) is 30.1 Å². The van der Waals surface area contributed by atoms with Crippen LogP contribution in [0.2, 0.25) is 0 Å². The second-order valence-corrected chi connectivity index (χ2v) is 6.69. The molecule has 1 aliphatic heterocycles. The monoisotopic (exact) mass is 364 g/mol. The van der Waals surface area contributed by atoms with Gasteiger partial charge in [0.05, 0.1) is 18.8 Å². The number of H-pyrrole nitrogens is 1. The molecule has 1 aromatic heterocycles. The predicted molar refractivity (Wildman–Crippen MR) is 96.4 cm³/mol. The van der Waals surface area contributed by atoms with Gasteiger partial charge in [0.2, 0.25) is 5.91 Å². The minimum Gasteiger partial charge on any atom is -0.461 e. The van der Waals surface area contributed by atoms with Crippen LogP contribution in [0.25, 0.3) is 0 Å². The number of amides is 1. The maximum atomic E-state index is 13.1. The number of aromatic amines is 1. The molecule has 2 unspecified atom stereocenters. The van der Waals surface area contributed by atoms with Crippen LogP contribution in [0.3, 0.4) is 0 Å². The van der Waals surface area contributed by atoms with Gasteiger partial charge >= 0.3 is 5.97 Å². The van der Waals surface area contributed by atoms with Crippen molar-refractivity contribution in [1.82, 2.24) is 9.88 Å². The third-order valence-corrected chi connectivity index (χ3v) is 4.84. The Morgan fingerprint density at radius 2 is 2.04 bits per heavy atom. The van der Waals surface area contributed by atoms with E-state index in [1.165, 1.54) is 6.92 Å². The maximum absolute atomic E-state index is 13.1. The van der Waals surface area contributed by atoms with Crippen molar-refractivity contribution in [2.24, 2.45) is 0 Å². The molecule has 0 spiro atoms. The van der Waals surface area contributed by atoms with Gasteiger partial charge in [-0.15, -0.1) is 0 Å². The number of rotatable bonds is 7. The van der Waals surface area contributed by atoms with Crippen LogP contribution in [-0.4, -0.2) is 59.4 Å². The van der Waals surface area contributed by atoms with Gasteiger partial charge in [0.1, 0.15) is 5.69 Å². The number of nitrogens with one attached hydrogen (secondary N) is 1. The molecule has 2 rings (SSSR count). The minimum atomic E-state index is -0.639. The SMILES string of the molecule is CCOC(=O)c1[nH]c(C)c(C(=O)C(C)N(CC2CCCO2)C(C)=O)c1C. The van der Waals surface area contributed by atoms with Crippen molar-refractivity contribution in [3.05, 3.63) is 22.5 Å². The predicted octanol–water partition coefficient (Wildman–Crippen LogP) is 2.41. The Balaban J connectivity index is 2.25. The van der Waals surface area contributed by atoms with E-state index in [2.05, 4.69) is 4.98 Å². The molecule has 0 radical (unpaired) electrons. The summed E-state index contributed by atoms with van der Waals surface area (Å²) < 4.78 is 10.6. The lowest BCUT2D eigenvalue weighted by molar-refractivity contribution is -0.131. The summed E-state index contributed by atoms with van der Waals surface area (Å²) in [7, 11) is 0. The lowest BCUT2D eigenvalue weighted by atomic mass is 9.99. The van der Waals surface area contributed by atoms with Crippen molar-refractivity contribution in [2.45, 2.75) is 59.6 Å². The first-order valence-electron chi connectivity index (χ1n) is 9.07. The Labute approximate surface area is 154 Å². The molecule has 0 saturated carbocycles. The number of carbonyl (C=O) groups is 3. The average Bonchev–Trinajstić information content (AvgIpc) is 3.19. The van der Waals surface area contributed by atoms with Crippen molar-refractivity contribution < 1.29 is 23.9 Å². The van der Waals surface area contributed by atoms with Crippen molar-refractivity contribution >= 4 is 17.7 Å². The third-order valence-electron chi connectivity index (χ3n) is 4.84. The highest BCUT2D eigenvalue weighted by molar-refractivity contribution is 6.06. The number of nitrogens with zero attached hydrogens (tertiary/aromatic N) is 1. The molecule has 7 heteroatoms. The number of ketones is 1. The summed E-state index contributed by atoms with van der Waals surface area (Å²) in [6.07, 6.45) is 1.83.